The summed E-state index contributed by atoms with van der Waals surface area (Å²) in [5.41, 5.74) is 5.43. The second kappa shape index (κ2) is 5.33. The van der Waals surface area contributed by atoms with Crippen LogP contribution in [0.1, 0.15) is 6.92 Å². The van der Waals surface area contributed by atoms with Crippen molar-refractivity contribution in [1.29, 1.82) is 0 Å². The van der Waals surface area contributed by atoms with E-state index in [-0.39, 0.29) is 22.4 Å². The lowest BCUT2D eigenvalue weighted by atomic mass is 10.4. The molecule has 0 aliphatic rings. The summed E-state index contributed by atoms with van der Waals surface area (Å²) in [5, 5.41) is 4.93. The Morgan fingerprint density at radius 1 is 1.22 bits per heavy atom. The molecule has 0 saturated carbocycles. The molecule has 0 fully saturated rings. The van der Waals surface area contributed by atoms with Crippen molar-refractivity contribution in [2.24, 2.45) is 10.9 Å². The third kappa shape index (κ3) is 4.03. The van der Waals surface area contributed by atoms with Crippen LogP contribution in [0.2, 0.25) is 0 Å². The van der Waals surface area contributed by atoms with Gasteiger partial charge in [-0.25, -0.2) is 26.7 Å². The number of nitrogens with one attached hydrogen (secondary N) is 1. The number of sulfonamides is 2. The topological polar surface area (TPSA) is 132 Å². The summed E-state index contributed by atoms with van der Waals surface area (Å²) >= 11 is 0. The van der Waals surface area contributed by atoms with E-state index in [1.54, 1.807) is 6.92 Å². The van der Waals surface area contributed by atoms with Gasteiger partial charge in [-0.2, -0.15) is 0 Å². The molecule has 0 aromatic heterocycles. The molecule has 0 spiro atoms. The van der Waals surface area contributed by atoms with Crippen LogP contribution in [0.15, 0.2) is 34.1 Å². The van der Waals surface area contributed by atoms with Crippen LogP contribution in [0.3, 0.4) is 0 Å². The molecule has 18 heavy (non-hydrogen) atoms. The minimum absolute atomic E-state index is 0.0575. The molecule has 102 valence electrons. The van der Waals surface area contributed by atoms with Gasteiger partial charge in [-0.15, -0.1) is 0 Å². The quantitative estimate of drug-likeness (QED) is 0.638. The van der Waals surface area contributed by atoms with Crippen LogP contribution in [0.25, 0.3) is 0 Å². The Hall–Kier alpha value is -1.00. The number of primary sulfonamides is 1. The van der Waals surface area contributed by atoms with Gasteiger partial charge in [-0.05, 0) is 25.1 Å². The highest BCUT2D eigenvalue weighted by molar-refractivity contribution is 7.90. The average Bonchev–Trinajstić information content (AvgIpc) is 2.26. The van der Waals surface area contributed by atoms with Gasteiger partial charge in [0, 0.05) is 12.6 Å². The van der Waals surface area contributed by atoms with Gasteiger partial charge >= 0.3 is 0 Å². The second-order valence-corrected chi connectivity index (χ2v) is 7.18. The molecular weight excluding hydrogens is 278 g/mol. The molecule has 9 heteroatoms. The van der Waals surface area contributed by atoms with Gasteiger partial charge in [-0.1, -0.05) is 6.07 Å². The normalized spacial score (nSPS) is 14.4. The Bertz CT molecular complexity index is 623. The summed E-state index contributed by atoms with van der Waals surface area (Å²) in [4.78, 5) is -0.430. The van der Waals surface area contributed by atoms with Crippen molar-refractivity contribution in [2.75, 3.05) is 6.54 Å². The van der Waals surface area contributed by atoms with Crippen LogP contribution in [-0.4, -0.2) is 29.4 Å². The van der Waals surface area contributed by atoms with Gasteiger partial charge in [-0.3, -0.25) is 0 Å². The molecule has 1 aromatic rings. The third-order valence-electron chi connectivity index (χ3n) is 2.04. The number of benzene rings is 1. The summed E-state index contributed by atoms with van der Waals surface area (Å²) in [6.45, 7) is 1.70. The summed E-state index contributed by atoms with van der Waals surface area (Å²) in [7, 11) is -7.72. The van der Waals surface area contributed by atoms with Crippen molar-refractivity contribution in [2.45, 2.75) is 22.8 Å². The van der Waals surface area contributed by atoms with E-state index in [9.17, 15) is 16.8 Å². The van der Waals surface area contributed by atoms with Gasteiger partial charge < -0.3 is 5.73 Å². The second-order valence-electron chi connectivity index (χ2n) is 3.85. The maximum atomic E-state index is 11.8. The smallest absolute Gasteiger partial charge is 0.240 e. The highest BCUT2D eigenvalue weighted by Crippen LogP contribution is 2.14. The molecular formula is C9H15N3O4S2. The Morgan fingerprint density at radius 3 is 2.28 bits per heavy atom. The SMILES string of the molecule is CC(N)CNS(=O)(=O)c1cccc(S(N)(=O)=O)c1. The van der Waals surface area contributed by atoms with Crippen molar-refractivity contribution < 1.29 is 16.8 Å². The zero-order valence-electron chi connectivity index (χ0n) is 9.70. The van der Waals surface area contributed by atoms with E-state index in [0.717, 1.165) is 6.07 Å². The number of nitrogens with two attached hydrogens (primary N) is 2. The maximum Gasteiger partial charge on any atom is 0.240 e. The van der Waals surface area contributed by atoms with E-state index in [1.807, 2.05) is 0 Å². The third-order valence-corrected chi connectivity index (χ3v) is 4.37. The highest BCUT2D eigenvalue weighted by Gasteiger charge is 2.17. The summed E-state index contributed by atoms with van der Waals surface area (Å²) < 4.78 is 48.1. The number of rotatable bonds is 5. The molecule has 1 unspecified atom stereocenters. The molecule has 1 aromatic carbocycles. The van der Waals surface area contributed by atoms with Gasteiger partial charge in [0.05, 0.1) is 9.79 Å². The van der Waals surface area contributed by atoms with Crippen LogP contribution in [-0.2, 0) is 20.0 Å². The summed E-state index contributed by atoms with van der Waals surface area (Å²) in [6, 6.07) is 4.46. The summed E-state index contributed by atoms with van der Waals surface area (Å²) in [6.07, 6.45) is 0. The van der Waals surface area contributed by atoms with Crippen LogP contribution >= 0.6 is 0 Å². The molecule has 1 atom stereocenters. The fraction of sp³-hybridized carbons (Fsp3) is 0.333. The monoisotopic (exact) mass is 293 g/mol. The highest BCUT2D eigenvalue weighted by atomic mass is 32.2. The first-order valence-corrected chi connectivity index (χ1v) is 8.04. The zero-order valence-corrected chi connectivity index (χ0v) is 11.3. The molecule has 0 bridgehead atoms. The van der Waals surface area contributed by atoms with E-state index in [2.05, 4.69) is 4.72 Å². The van der Waals surface area contributed by atoms with Crippen molar-refractivity contribution in [3.8, 4) is 0 Å². The minimum atomic E-state index is -3.93. The molecule has 0 saturated heterocycles. The summed E-state index contributed by atoms with van der Waals surface area (Å²) in [5.74, 6) is 0. The lowest BCUT2D eigenvalue weighted by molar-refractivity contribution is 0.573. The molecule has 1 rings (SSSR count). The first-order valence-electron chi connectivity index (χ1n) is 5.01. The molecule has 0 aliphatic carbocycles. The number of hydrogen-bond donors (Lipinski definition) is 3. The fourth-order valence-electron chi connectivity index (χ4n) is 1.14. The average molecular weight is 293 g/mol. The largest absolute Gasteiger partial charge is 0.327 e. The fourth-order valence-corrected chi connectivity index (χ4v) is 2.97. The maximum absolute atomic E-state index is 11.8. The van der Waals surface area contributed by atoms with E-state index in [4.69, 9.17) is 10.9 Å². The molecule has 5 N–H and O–H groups in total. The van der Waals surface area contributed by atoms with Crippen LogP contribution in [0.5, 0.6) is 0 Å². The predicted molar refractivity (Wildman–Crippen MR) is 66.7 cm³/mol. The van der Waals surface area contributed by atoms with E-state index >= 15 is 0 Å². The van der Waals surface area contributed by atoms with Crippen molar-refractivity contribution in [3.05, 3.63) is 24.3 Å². The Kier molecular flexibility index (Phi) is 4.46. The minimum Gasteiger partial charge on any atom is -0.327 e. The molecule has 0 aliphatic heterocycles. The Balaban J connectivity index is 3.11. The van der Waals surface area contributed by atoms with E-state index < -0.39 is 20.0 Å². The molecule has 0 amide bonds. The lowest BCUT2D eigenvalue weighted by Gasteiger charge is -2.09. The first kappa shape index (κ1) is 15.1. The van der Waals surface area contributed by atoms with Crippen molar-refractivity contribution in [3.63, 3.8) is 0 Å². The zero-order chi connectivity index (χ0) is 14.0. The number of hydrogen-bond acceptors (Lipinski definition) is 5. The van der Waals surface area contributed by atoms with Gasteiger partial charge in [0.1, 0.15) is 0 Å². The Morgan fingerprint density at radius 2 is 1.78 bits per heavy atom. The first-order chi connectivity index (χ1) is 8.13. The molecule has 0 radical (unpaired) electrons. The standard InChI is InChI=1S/C9H15N3O4S2/c1-7(10)6-12-18(15,16)9-4-2-3-8(5-9)17(11,13)14/h2-5,7,12H,6,10H2,1H3,(H2,11,13,14). The molecule has 7 nitrogen and oxygen atoms in total. The predicted octanol–water partition coefficient (Wildman–Crippen LogP) is -1.04. The van der Waals surface area contributed by atoms with E-state index in [0.29, 0.717) is 0 Å². The van der Waals surface area contributed by atoms with Crippen LogP contribution < -0.4 is 15.6 Å². The van der Waals surface area contributed by atoms with Crippen LogP contribution in [0.4, 0.5) is 0 Å². The van der Waals surface area contributed by atoms with Gasteiger partial charge in [0.15, 0.2) is 0 Å². The Labute approximate surface area is 106 Å². The van der Waals surface area contributed by atoms with E-state index in [1.165, 1.54) is 18.2 Å². The van der Waals surface area contributed by atoms with Crippen LogP contribution in [0, 0.1) is 0 Å². The van der Waals surface area contributed by atoms with Crippen molar-refractivity contribution >= 4 is 20.0 Å². The van der Waals surface area contributed by atoms with Gasteiger partial charge in [0.25, 0.3) is 0 Å². The molecule has 0 heterocycles. The van der Waals surface area contributed by atoms with Gasteiger partial charge in [0.2, 0.25) is 20.0 Å². The van der Waals surface area contributed by atoms with Crippen molar-refractivity contribution in [1.82, 2.24) is 4.72 Å². The lowest BCUT2D eigenvalue weighted by Crippen LogP contribution is -2.35.